The minimum absolute atomic E-state index is 0.158. The molecule has 2 aromatic carbocycles. The molecule has 2 heterocycles. The number of aromatic nitrogens is 1. The normalized spacial score (nSPS) is 11.9. The van der Waals surface area contributed by atoms with Gasteiger partial charge in [0.25, 0.3) is 5.91 Å². The molecule has 0 saturated heterocycles. The van der Waals surface area contributed by atoms with Gasteiger partial charge in [-0.1, -0.05) is 41.1 Å². The van der Waals surface area contributed by atoms with Crippen molar-refractivity contribution in [1.29, 1.82) is 0 Å². The molecule has 0 saturated carbocycles. The molecule has 10 heteroatoms. The zero-order chi connectivity index (χ0) is 23.6. The largest absolute Gasteiger partial charge is 0.467 e. The van der Waals surface area contributed by atoms with E-state index in [-0.39, 0.29) is 17.3 Å². The molecule has 33 heavy (non-hydrogen) atoms. The van der Waals surface area contributed by atoms with Crippen LogP contribution in [0.25, 0.3) is 10.2 Å². The highest BCUT2D eigenvalue weighted by Crippen LogP contribution is 2.32. The molecule has 0 spiro atoms. The van der Waals surface area contributed by atoms with Crippen molar-refractivity contribution in [2.75, 3.05) is 18.0 Å². The number of halogens is 1. The van der Waals surface area contributed by atoms with Gasteiger partial charge in [-0.2, -0.15) is 4.31 Å². The van der Waals surface area contributed by atoms with Crippen LogP contribution in [0.2, 0.25) is 0 Å². The second-order valence-electron chi connectivity index (χ2n) is 7.19. The highest BCUT2D eigenvalue weighted by atomic mass is 79.9. The predicted octanol–water partition coefficient (Wildman–Crippen LogP) is 5.53. The molecule has 0 unspecified atom stereocenters. The molecule has 172 valence electrons. The second kappa shape index (κ2) is 9.76. The number of thiazole rings is 1. The number of benzene rings is 2. The van der Waals surface area contributed by atoms with Crippen LogP contribution < -0.4 is 4.90 Å². The van der Waals surface area contributed by atoms with Crippen LogP contribution in [0.5, 0.6) is 0 Å². The quantitative estimate of drug-likeness (QED) is 0.289. The van der Waals surface area contributed by atoms with Crippen molar-refractivity contribution in [3.05, 3.63) is 76.7 Å². The van der Waals surface area contributed by atoms with Gasteiger partial charge in [0.15, 0.2) is 5.13 Å². The van der Waals surface area contributed by atoms with Crippen molar-refractivity contribution in [1.82, 2.24) is 9.29 Å². The number of nitrogens with zero attached hydrogens (tertiary/aromatic N) is 3. The minimum Gasteiger partial charge on any atom is -0.467 e. The first-order chi connectivity index (χ1) is 15.8. The van der Waals surface area contributed by atoms with Gasteiger partial charge in [0.1, 0.15) is 5.76 Å². The number of hydrogen-bond acceptors (Lipinski definition) is 6. The average Bonchev–Trinajstić information content (AvgIpc) is 3.47. The van der Waals surface area contributed by atoms with Crippen LogP contribution in [0, 0.1) is 0 Å². The third kappa shape index (κ3) is 4.89. The summed E-state index contributed by atoms with van der Waals surface area (Å²) in [7, 11) is -3.60. The first-order valence-electron chi connectivity index (χ1n) is 10.3. The summed E-state index contributed by atoms with van der Waals surface area (Å²) < 4.78 is 34.3. The SMILES string of the molecule is CCN(CC)S(=O)(=O)c1ccc(C(=O)N(Cc2ccco2)c2nc3ccc(Br)cc3s2)cc1. The van der Waals surface area contributed by atoms with E-state index in [9.17, 15) is 13.2 Å². The maximum Gasteiger partial charge on any atom is 0.260 e. The summed E-state index contributed by atoms with van der Waals surface area (Å²) >= 11 is 4.87. The monoisotopic (exact) mass is 547 g/mol. The molecule has 0 N–H and O–H groups in total. The van der Waals surface area contributed by atoms with E-state index in [4.69, 9.17) is 4.42 Å². The molecule has 7 nitrogen and oxygen atoms in total. The smallest absolute Gasteiger partial charge is 0.260 e. The maximum absolute atomic E-state index is 13.5. The van der Waals surface area contributed by atoms with Crippen LogP contribution in [0.3, 0.4) is 0 Å². The lowest BCUT2D eigenvalue weighted by molar-refractivity contribution is 0.0983. The van der Waals surface area contributed by atoms with E-state index in [1.54, 1.807) is 37.1 Å². The van der Waals surface area contributed by atoms with E-state index in [0.29, 0.717) is 29.5 Å². The van der Waals surface area contributed by atoms with E-state index in [1.165, 1.54) is 39.9 Å². The molecule has 0 aliphatic carbocycles. The summed E-state index contributed by atoms with van der Waals surface area (Å²) in [5.41, 5.74) is 1.15. The Bertz CT molecular complexity index is 1360. The first-order valence-corrected chi connectivity index (χ1v) is 13.4. The number of rotatable bonds is 8. The Hall–Kier alpha value is -2.53. The zero-order valence-electron chi connectivity index (χ0n) is 18.1. The third-order valence-electron chi connectivity index (χ3n) is 5.15. The lowest BCUT2D eigenvalue weighted by Gasteiger charge is -2.20. The van der Waals surface area contributed by atoms with Gasteiger partial charge in [-0.25, -0.2) is 13.4 Å². The summed E-state index contributed by atoms with van der Waals surface area (Å²) in [6.07, 6.45) is 1.56. The molecule has 4 aromatic rings. The van der Waals surface area contributed by atoms with Crippen molar-refractivity contribution in [3.63, 3.8) is 0 Å². The fraction of sp³-hybridized carbons (Fsp3) is 0.217. The second-order valence-corrected chi connectivity index (χ2v) is 11.1. The lowest BCUT2D eigenvalue weighted by Crippen LogP contribution is -2.31. The first kappa shape index (κ1) is 23.6. The van der Waals surface area contributed by atoms with E-state index in [2.05, 4.69) is 20.9 Å². The van der Waals surface area contributed by atoms with Gasteiger partial charge in [0, 0.05) is 23.1 Å². The number of carbonyl (C=O) groups is 1. The Labute approximate surface area is 204 Å². The van der Waals surface area contributed by atoms with Gasteiger partial charge < -0.3 is 4.42 Å². The van der Waals surface area contributed by atoms with E-state index < -0.39 is 10.0 Å². The fourth-order valence-electron chi connectivity index (χ4n) is 3.42. The van der Waals surface area contributed by atoms with E-state index in [0.717, 1.165) is 14.7 Å². The number of anilines is 1. The summed E-state index contributed by atoms with van der Waals surface area (Å²) in [6, 6.07) is 15.3. The summed E-state index contributed by atoms with van der Waals surface area (Å²) in [5, 5.41) is 0.532. The van der Waals surface area contributed by atoms with Crippen LogP contribution in [-0.2, 0) is 16.6 Å². The summed E-state index contributed by atoms with van der Waals surface area (Å²) in [6.45, 7) is 4.55. The van der Waals surface area contributed by atoms with Gasteiger partial charge in [0.2, 0.25) is 10.0 Å². The highest BCUT2D eigenvalue weighted by molar-refractivity contribution is 9.10. The van der Waals surface area contributed by atoms with E-state index >= 15 is 0 Å². The molecule has 0 fully saturated rings. The van der Waals surface area contributed by atoms with Gasteiger partial charge >= 0.3 is 0 Å². The van der Waals surface area contributed by atoms with Gasteiger partial charge in [-0.05, 0) is 54.6 Å². The number of hydrogen-bond donors (Lipinski definition) is 0. The minimum atomic E-state index is -3.60. The topological polar surface area (TPSA) is 83.7 Å². The predicted molar refractivity (Wildman–Crippen MR) is 133 cm³/mol. The zero-order valence-corrected chi connectivity index (χ0v) is 21.3. The Kier molecular flexibility index (Phi) is 6.99. The van der Waals surface area contributed by atoms with Crippen molar-refractivity contribution >= 4 is 58.5 Å². The fourth-order valence-corrected chi connectivity index (χ4v) is 6.40. The Morgan fingerprint density at radius 2 is 1.82 bits per heavy atom. The van der Waals surface area contributed by atoms with Crippen molar-refractivity contribution in [3.8, 4) is 0 Å². The van der Waals surface area contributed by atoms with Crippen LogP contribution in [0.15, 0.2) is 74.6 Å². The Morgan fingerprint density at radius 1 is 1.09 bits per heavy atom. The summed E-state index contributed by atoms with van der Waals surface area (Å²) in [5.74, 6) is 0.320. The van der Waals surface area contributed by atoms with Crippen molar-refractivity contribution in [2.45, 2.75) is 25.3 Å². The molecular formula is C23H22BrN3O4S2. The van der Waals surface area contributed by atoms with Crippen LogP contribution in [-0.4, -0.2) is 36.7 Å². The Balaban J connectivity index is 1.69. The Morgan fingerprint density at radius 3 is 2.45 bits per heavy atom. The number of fused-ring (bicyclic) bond motifs is 1. The van der Waals surface area contributed by atoms with E-state index in [1.807, 2.05) is 18.2 Å². The number of amides is 1. The lowest BCUT2D eigenvalue weighted by atomic mass is 10.2. The maximum atomic E-state index is 13.5. The van der Waals surface area contributed by atoms with Crippen molar-refractivity contribution < 1.29 is 17.6 Å². The van der Waals surface area contributed by atoms with Crippen LogP contribution >= 0.6 is 27.3 Å². The molecule has 0 radical (unpaired) electrons. The molecule has 4 rings (SSSR count). The van der Waals surface area contributed by atoms with Gasteiger partial charge in [-0.3, -0.25) is 9.69 Å². The number of furan rings is 1. The summed E-state index contributed by atoms with van der Waals surface area (Å²) in [4.78, 5) is 19.9. The molecule has 0 atom stereocenters. The standard InChI is InChI=1S/C23H22BrN3O4S2/c1-3-26(4-2)33(29,30)19-10-7-16(8-11-19)22(28)27(15-18-6-5-13-31-18)23-25-20-12-9-17(24)14-21(20)32-23/h5-14H,3-4,15H2,1-2H3. The van der Waals surface area contributed by atoms with Gasteiger partial charge in [0.05, 0.1) is 27.9 Å². The van der Waals surface area contributed by atoms with Gasteiger partial charge in [-0.15, -0.1) is 0 Å². The molecule has 0 aliphatic heterocycles. The molecule has 0 aliphatic rings. The number of carbonyl (C=O) groups excluding carboxylic acids is 1. The molecule has 2 aromatic heterocycles. The molecular weight excluding hydrogens is 526 g/mol. The van der Waals surface area contributed by atoms with Crippen LogP contribution in [0.1, 0.15) is 30.0 Å². The molecule has 1 amide bonds. The molecule has 0 bridgehead atoms. The van der Waals surface area contributed by atoms with Crippen molar-refractivity contribution in [2.24, 2.45) is 0 Å². The average molecular weight is 548 g/mol. The third-order valence-corrected chi connectivity index (χ3v) is 8.75. The number of sulfonamides is 1. The highest BCUT2D eigenvalue weighted by Gasteiger charge is 2.25. The van der Waals surface area contributed by atoms with Crippen LogP contribution in [0.4, 0.5) is 5.13 Å².